The van der Waals surface area contributed by atoms with Crippen LogP contribution in [0.25, 0.3) is 0 Å². The molecule has 0 aliphatic carbocycles. The molecule has 64 valence electrons. The van der Waals surface area contributed by atoms with Gasteiger partial charge in [-0.1, -0.05) is 28.6 Å². The molecule has 0 saturated carbocycles. The first-order chi connectivity index (χ1) is 5.09. The van der Waals surface area contributed by atoms with Gasteiger partial charge in [-0.15, -0.1) is 0 Å². The largest absolute Gasteiger partial charge is 0.461 e. The zero-order chi connectivity index (χ0) is 8.85. The molecule has 0 aromatic heterocycles. The van der Waals surface area contributed by atoms with Crippen molar-refractivity contribution < 1.29 is 14.6 Å². The van der Waals surface area contributed by atoms with E-state index >= 15 is 0 Å². The minimum atomic E-state index is -0.743. The van der Waals surface area contributed by atoms with Crippen molar-refractivity contribution >= 4 is 21.9 Å². The normalized spacial score (nSPS) is 15.2. The first-order valence-corrected chi connectivity index (χ1v) is 4.10. The van der Waals surface area contributed by atoms with E-state index in [1.165, 1.54) is 13.0 Å². The molecule has 0 aromatic rings. The van der Waals surface area contributed by atoms with E-state index in [4.69, 9.17) is 5.11 Å². The quantitative estimate of drug-likeness (QED) is 0.436. The molecule has 0 saturated heterocycles. The summed E-state index contributed by atoms with van der Waals surface area (Å²) in [5, 5.41) is 8.92. The second kappa shape index (κ2) is 5.32. The van der Waals surface area contributed by atoms with Crippen LogP contribution in [-0.2, 0) is 9.53 Å². The van der Waals surface area contributed by atoms with Gasteiger partial charge in [-0.3, -0.25) is 4.79 Å². The second-order valence-electron chi connectivity index (χ2n) is 2.06. The minimum absolute atomic E-state index is 0.174. The van der Waals surface area contributed by atoms with Gasteiger partial charge in [0, 0.05) is 0 Å². The van der Waals surface area contributed by atoms with Gasteiger partial charge in [0.25, 0.3) is 0 Å². The topological polar surface area (TPSA) is 46.5 Å². The van der Waals surface area contributed by atoms with Crippen molar-refractivity contribution in [3.63, 3.8) is 0 Å². The highest BCUT2D eigenvalue weighted by Gasteiger charge is 2.20. The Kier molecular flexibility index (Phi) is 5.15. The van der Waals surface area contributed by atoms with E-state index < -0.39 is 16.9 Å². The lowest BCUT2D eigenvalue weighted by Gasteiger charge is -2.10. The summed E-state index contributed by atoms with van der Waals surface area (Å²) >= 11 is 2.98. The van der Waals surface area contributed by atoms with Crippen LogP contribution in [0.5, 0.6) is 0 Å². The molecule has 2 unspecified atom stereocenters. The molecule has 0 heterocycles. The van der Waals surface area contributed by atoms with Gasteiger partial charge >= 0.3 is 5.97 Å². The third kappa shape index (κ3) is 4.16. The van der Waals surface area contributed by atoms with Crippen LogP contribution in [0.2, 0.25) is 0 Å². The lowest BCUT2D eigenvalue weighted by atomic mass is 10.3. The standard InChI is InChI=1S/C7H11BrO3/c1-3-4-11-7(10)6(8)5(2)9/h3,5-6,9H,1,4H2,2H3. The zero-order valence-corrected chi connectivity index (χ0v) is 7.87. The first-order valence-electron chi connectivity index (χ1n) is 3.19. The molecule has 0 aromatic carbocycles. The fourth-order valence-corrected chi connectivity index (χ4v) is 0.550. The molecule has 0 radical (unpaired) electrons. The Hall–Kier alpha value is -0.350. The van der Waals surface area contributed by atoms with Crippen LogP contribution in [-0.4, -0.2) is 28.6 Å². The van der Waals surface area contributed by atoms with Crippen LogP contribution >= 0.6 is 15.9 Å². The summed E-state index contributed by atoms with van der Waals surface area (Å²) < 4.78 is 4.65. The Morgan fingerprint density at radius 3 is 2.82 bits per heavy atom. The molecule has 0 fully saturated rings. The number of alkyl halides is 1. The summed E-state index contributed by atoms with van der Waals surface area (Å²) in [5.74, 6) is -0.472. The van der Waals surface area contributed by atoms with Gasteiger partial charge < -0.3 is 9.84 Å². The van der Waals surface area contributed by atoms with Gasteiger partial charge in [0.15, 0.2) is 0 Å². The molecule has 1 N–H and O–H groups in total. The van der Waals surface area contributed by atoms with E-state index in [0.717, 1.165) is 0 Å². The summed E-state index contributed by atoms with van der Waals surface area (Å²) in [6.45, 7) is 5.06. The molecule has 11 heavy (non-hydrogen) atoms. The lowest BCUT2D eigenvalue weighted by molar-refractivity contribution is -0.143. The maximum absolute atomic E-state index is 10.9. The number of hydrogen-bond donors (Lipinski definition) is 1. The van der Waals surface area contributed by atoms with Gasteiger partial charge in [-0.2, -0.15) is 0 Å². The van der Waals surface area contributed by atoms with Crippen LogP contribution in [0.15, 0.2) is 12.7 Å². The highest BCUT2D eigenvalue weighted by molar-refractivity contribution is 9.10. The summed E-state index contributed by atoms with van der Waals surface area (Å²) in [5.41, 5.74) is 0. The monoisotopic (exact) mass is 222 g/mol. The number of esters is 1. The number of aliphatic hydroxyl groups excluding tert-OH is 1. The second-order valence-corrected chi connectivity index (χ2v) is 3.05. The third-order valence-corrected chi connectivity index (χ3v) is 2.13. The van der Waals surface area contributed by atoms with Crippen LogP contribution in [0, 0.1) is 0 Å². The van der Waals surface area contributed by atoms with Crippen molar-refractivity contribution in [1.82, 2.24) is 0 Å². The molecule has 0 spiro atoms. The fraction of sp³-hybridized carbons (Fsp3) is 0.571. The van der Waals surface area contributed by atoms with Crippen LogP contribution < -0.4 is 0 Å². The van der Waals surface area contributed by atoms with Crippen molar-refractivity contribution in [2.75, 3.05) is 6.61 Å². The number of hydrogen-bond acceptors (Lipinski definition) is 3. The van der Waals surface area contributed by atoms with E-state index in [-0.39, 0.29) is 6.61 Å². The van der Waals surface area contributed by atoms with Gasteiger partial charge in [0.1, 0.15) is 11.4 Å². The van der Waals surface area contributed by atoms with Crippen molar-refractivity contribution in [1.29, 1.82) is 0 Å². The Labute approximate surface area is 74.2 Å². The van der Waals surface area contributed by atoms with E-state index in [9.17, 15) is 4.79 Å². The van der Waals surface area contributed by atoms with Gasteiger partial charge in [0.2, 0.25) is 0 Å². The Balaban J connectivity index is 3.73. The Morgan fingerprint density at radius 1 is 1.91 bits per heavy atom. The van der Waals surface area contributed by atoms with Crippen molar-refractivity contribution in [2.24, 2.45) is 0 Å². The third-order valence-electron chi connectivity index (χ3n) is 0.992. The molecule has 0 rings (SSSR count). The molecule has 0 bridgehead atoms. The fourth-order valence-electron chi connectivity index (χ4n) is 0.418. The number of carbonyl (C=O) groups excluding carboxylic acids is 1. The molecule has 4 heteroatoms. The van der Waals surface area contributed by atoms with Crippen molar-refractivity contribution in [3.8, 4) is 0 Å². The summed E-state index contributed by atoms with van der Waals surface area (Å²) in [6, 6.07) is 0. The van der Waals surface area contributed by atoms with Crippen LogP contribution in [0.1, 0.15) is 6.92 Å². The van der Waals surface area contributed by atoms with Crippen molar-refractivity contribution in [2.45, 2.75) is 17.9 Å². The zero-order valence-electron chi connectivity index (χ0n) is 6.29. The van der Waals surface area contributed by atoms with Crippen LogP contribution in [0.3, 0.4) is 0 Å². The van der Waals surface area contributed by atoms with E-state index in [1.54, 1.807) is 0 Å². The number of rotatable bonds is 4. The predicted octanol–water partition coefficient (Wildman–Crippen LogP) is 0.860. The number of halogens is 1. The van der Waals surface area contributed by atoms with Gasteiger partial charge in [-0.05, 0) is 6.92 Å². The Bertz CT molecular complexity index is 145. The Morgan fingerprint density at radius 2 is 2.45 bits per heavy atom. The minimum Gasteiger partial charge on any atom is -0.461 e. The molecule has 2 atom stereocenters. The highest BCUT2D eigenvalue weighted by Crippen LogP contribution is 2.07. The summed E-state index contributed by atoms with van der Waals surface area (Å²) in [6.07, 6.45) is 0.729. The first kappa shape index (κ1) is 10.7. The molecule has 0 amide bonds. The van der Waals surface area contributed by atoms with Crippen LogP contribution in [0.4, 0.5) is 0 Å². The average Bonchev–Trinajstić information content (AvgIpc) is 1.98. The lowest BCUT2D eigenvalue weighted by Crippen LogP contribution is -2.27. The van der Waals surface area contributed by atoms with E-state index in [0.29, 0.717) is 0 Å². The number of aliphatic hydroxyl groups is 1. The van der Waals surface area contributed by atoms with E-state index in [2.05, 4.69) is 27.2 Å². The average molecular weight is 223 g/mol. The number of carbonyl (C=O) groups is 1. The summed E-state index contributed by atoms with van der Waals surface area (Å²) in [7, 11) is 0. The van der Waals surface area contributed by atoms with Gasteiger partial charge in [0.05, 0.1) is 6.10 Å². The molecule has 3 nitrogen and oxygen atoms in total. The van der Waals surface area contributed by atoms with Crippen molar-refractivity contribution in [3.05, 3.63) is 12.7 Å². The number of ether oxygens (including phenoxy) is 1. The molecule has 0 aliphatic rings. The SMILES string of the molecule is C=CCOC(=O)C(Br)C(C)O. The smallest absolute Gasteiger partial charge is 0.322 e. The predicted molar refractivity (Wildman–Crippen MR) is 45.6 cm³/mol. The summed E-state index contributed by atoms with van der Waals surface area (Å²) in [4.78, 5) is 10.2. The molecular weight excluding hydrogens is 212 g/mol. The molecular formula is C7H11BrO3. The maximum atomic E-state index is 10.9. The molecule has 0 aliphatic heterocycles. The van der Waals surface area contributed by atoms with E-state index in [1.807, 2.05) is 0 Å². The maximum Gasteiger partial charge on any atom is 0.322 e. The van der Waals surface area contributed by atoms with Gasteiger partial charge in [-0.25, -0.2) is 0 Å². The highest BCUT2D eigenvalue weighted by atomic mass is 79.9.